The summed E-state index contributed by atoms with van der Waals surface area (Å²) in [5.41, 5.74) is 3.04. The van der Waals surface area contributed by atoms with Crippen molar-refractivity contribution < 1.29 is 14.3 Å². The van der Waals surface area contributed by atoms with Crippen LogP contribution in [0.5, 0.6) is 5.75 Å². The third kappa shape index (κ3) is 5.11. The molecule has 0 fully saturated rings. The van der Waals surface area contributed by atoms with Crippen molar-refractivity contribution in [2.45, 2.75) is 12.5 Å². The lowest BCUT2D eigenvalue weighted by Crippen LogP contribution is -2.31. The molecule has 0 spiro atoms. The highest BCUT2D eigenvalue weighted by Gasteiger charge is 2.33. The second-order valence-electron chi connectivity index (χ2n) is 7.15. The Labute approximate surface area is 207 Å². The topological polar surface area (TPSA) is 59.0 Å². The Morgan fingerprint density at radius 3 is 2.44 bits per heavy atom. The molecule has 32 heavy (non-hydrogen) atoms. The zero-order valence-electron chi connectivity index (χ0n) is 16.7. The van der Waals surface area contributed by atoms with E-state index in [2.05, 4.69) is 37.0 Å². The third-order valence-corrected chi connectivity index (χ3v) is 6.32. The van der Waals surface area contributed by atoms with Crippen LogP contribution in [0.15, 0.2) is 80.8 Å². The van der Waals surface area contributed by atoms with Gasteiger partial charge in [-0.3, -0.25) is 9.59 Å². The lowest BCUT2D eigenvalue weighted by molar-refractivity contribution is -0.135. The second-order valence-corrected chi connectivity index (χ2v) is 9.42. The highest BCUT2D eigenvalue weighted by Crippen LogP contribution is 2.34. The number of benzene rings is 3. The molecule has 0 aliphatic carbocycles. The minimum atomic E-state index is -0.308. The summed E-state index contributed by atoms with van der Waals surface area (Å²) in [7, 11) is 0. The van der Waals surface area contributed by atoms with Crippen molar-refractivity contribution in [1.29, 1.82) is 0 Å². The number of hydrazone groups is 1. The molecule has 1 unspecified atom stereocenters. The molecule has 1 amide bonds. The van der Waals surface area contributed by atoms with Crippen LogP contribution in [0.25, 0.3) is 0 Å². The number of rotatable bonds is 6. The second kappa shape index (κ2) is 9.98. The summed E-state index contributed by atoms with van der Waals surface area (Å²) in [4.78, 5) is 24.5. The summed E-state index contributed by atoms with van der Waals surface area (Å²) in [6, 6.07) is 20.0. The van der Waals surface area contributed by atoms with Gasteiger partial charge in [0.15, 0.2) is 12.9 Å². The van der Waals surface area contributed by atoms with E-state index in [9.17, 15) is 9.59 Å². The van der Waals surface area contributed by atoms with Gasteiger partial charge in [0, 0.05) is 20.4 Å². The molecule has 8 heteroatoms. The van der Waals surface area contributed by atoms with Crippen molar-refractivity contribution in [2.24, 2.45) is 5.10 Å². The van der Waals surface area contributed by atoms with Gasteiger partial charge in [-0.2, -0.15) is 5.10 Å². The van der Waals surface area contributed by atoms with Crippen molar-refractivity contribution in [1.82, 2.24) is 5.01 Å². The Kier molecular flexibility index (Phi) is 7.08. The average Bonchev–Trinajstić information content (AvgIpc) is 3.24. The molecule has 1 atom stereocenters. The van der Waals surface area contributed by atoms with Gasteiger partial charge in [-0.05, 0) is 53.6 Å². The zero-order chi connectivity index (χ0) is 22.7. The van der Waals surface area contributed by atoms with E-state index < -0.39 is 0 Å². The number of hydrogen-bond acceptors (Lipinski definition) is 4. The Bertz CT molecular complexity index is 1180. The van der Waals surface area contributed by atoms with E-state index in [1.807, 2.05) is 36.4 Å². The van der Waals surface area contributed by atoms with Crippen LogP contribution in [-0.4, -0.2) is 29.5 Å². The summed E-state index contributed by atoms with van der Waals surface area (Å²) in [5.74, 6) is 0.0349. The number of aldehydes is 1. The van der Waals surface area contributed by atoms with E-state index >= 15 is 0 Å². The Morgan fingerprint density at radius 2 is 1.75 bits per heavy atom. The largest absolute Gasteiger partial charge is 0.483 e. The van der Waals surface area contributed by atoms with Crippen LogP contribution in [0, 0.1) is 0 Å². The van der Waals surface area contributed by atoms with Crippen molar-refractivity contribution in [3.8, 4) is 5.75 Å². The van der Waals surface area contributed by atoms with E-state index in [1.54, 1.807) is 30.3 Å². The highest BCUT2D eigenvalue weighted by molar-refractivity contribution is 9.10. The number of halogens is 3. The monoisotopic (exact) mass is 574 g/mol. The summed E-state index contributed by atoms with van der Waals surface area (Å²) in [6.45, 7) is -0.246. The molecular weight excluding hydrogens is 560 g/mol. The first kappa shape index (κ1) is 22.7. The molecule has 0 saturated heterocycles. The molecule has 0 bridgehead atoms. The minimum absolute atomic E-state index is 0.246. The van der Waals surface area contributed by atoms with Gasteiger partial charge in [0.25, 0.3) is 5.91 Å². The van der Waals surface area contributed by atoms with Crippen LogP contribution in [0.2, 0.25) is 5.02 Å². The molecular formula is C24H17Br2ClN2O3. The van der Waals surface area contributed by atoms with Crippen molar-refractivity contribution >= 4 is 61.4 Å². The molecule has 4 rings (SSSR count). The molecule has 1 heterocycles. The van der Waals surface area contributed by atoms with Crippen molar-refractivity contribution in [3.05, 3.63) is 97.4 Å². The first-order chi connectivity index (χ1) is 15.4. The van der Waals surface area contributed by atoms with Gasteiger partial charge in [0.1, 0.15) is 5.75 Å². The molecule has 3 aromatic rings. The molecule has 0 aromatic heterocycles. The zero-order valence-corrected chi connectivity index (χ0v) is 20.6. The molecule has 0 saturated carbocycles. The SMILES string of the molecule is O=Cc1cc(Br)ccc1OCC(=O)N1N=C(c2ccc(Br)cc2)CC1c1ccc(Cl)cc1. The highest BCUT2D eigenvalue weighted by atomic mass is 79.9. The number of carbonyl (C=O) groups is 2. The molecule has 1 aliphatic heterocycles. The normalized spacial score (nSPS) is 15.4. The van der Waals surface area contributed by atoms with E-state index in [4.69, 9.17) is 16.3 Å². The maximum Gasteiger partial charge on any atom is 0.281 e. The van der Waals surface area contributed by atoms with Crippen molar-refractivity contribution in [3.63, 3.8) is 0 Å². The molecule has 0 radical (unpaired) electrons. The maximum absolute atomic E-state index is 13.1. The number of hydrogen-bond donors (Lipinski definition) is 0. The maximum atomic E-state index is 13.1. The van der Waals surface area contributed by atoms with E-state index in [0.717, 1.165) is 25.8 Å². The standard InChI is InChI=1S/C24H17Br2ClN2O3/c25-18-5-1-15(2-6-18)21-12-22(16-3-8-20(27)9-4-16)29(28-21)24(31)14-32-23-10-7-19(26)11-17(23)13-30/h1-11,13,22H,12,14H2. The van der Waals surface area contributed by atoms with Crippen LogP contribution >= 0.6 is 43.5 Å². The number of amides is 1. The quantitative estimate of drug-likeness (QED) is 0.318. The molecule has 162 valence electrons. The van der Waals surface area contributed by atoms with Crippen LogP contribution in [0.3, 0.4) is 0 Å². The first-order valence-corrected chi connectivity index (χ1v) is 11.7. The van der Waals surface area contributed by atoms with E-state index in [1.165, 1.54) is 5.01 Å². The minimum Gasteiger partial charge on any atom is -0.483 e. The van der Waals surface area contributed by atoms with Gasteiger partial charge in [0.05, 0.1) is 17.3 Å². The van der Waals surface area contributed by atoms with E-state index in [0.29, 0.717) is 29.0 Å². The molecule has 0 N–H and O–H groups in total. The van der Waals surface area contributed by atoms with Crippen molar-refractivity contribution in [2.75, 3.05) is 6.61 Å². The number of ether oxygens (including phenoxy) is 1. The predicted molar refractivity (Wildman–Crippen MR) is 131 cm³/mol. The van der Waals surface area contributed by atoms with Gasteiger partial charge < -0.3 is 4.74 Å². The van der Waals surface area contributed by atoms with Gasteiger partial charge in [-0.25, -0.2) is 5.01 Å². The van der Waals surface area contributed by atoms with Gasteiger partial charge in [0.2, 0.25) is 0 Å². The lowest BCUT2D eigenvalue weighted by atomic mass is 9.98. The summed E-state index contributed by atoms with van der Waals surface area (Å²) >= 11 is 12.8. The smallest absolute Gasteiger partial charge is 0.281 e. The fraction of sp³-hybridized carbons (Fsp3) is 0.125. The van der Waals surface area contributed by atoms with Crippen LogP contribution in [0.4, 0.5) is 0 Å². The fourth-order valence-electron chi connectivity index (χ4n) is 3.45. The van der Waals surface area contributed by atoms with Crippen LogP contribution < -0.4 is 4.74 Å². The number of nitrogens with zero attached hydrogens (tertiary/aromatic N) is 2. The van der Waals surface area contributed by atoms with Gasteiger partial charge in [-0.15, -0.1) is 0 Å². The Hall–Kier alpha value is -2.48. The van der Waals surface area contributed by atoms with Crippen LogP contribution in [-0.2, 0) is 4.79 Å². The molecule has 3 aromatic carbocycles. The molecule has 5 nitrogen and oxygen atoms in total. The first-order valence-electron chi connectivity index (χ1n) is 9.73. The summed E-state index contributed by atoms with van der Waals surface area (Å²) in [6.07, 6.45) is 1.26. The third-order valence-electron chi connectivity index (χ3n) is 5.05. The summed E-state index contributed by atoms with van der Waals surface area (Å²) in [5, 5.41) is 6.71. The van der Waals surface area contributed by atoms with Gasteiger partial charge in [-0.1, -0.05) is 67.7 Å². The summed E-state index contributed by atoms with van der Waals surface area (Å²) < 4.78 is 7.40. The molecule has 1 aliphatic rings. The Morgan fingerprint density at radius 1 is 1.06 bits per heavy atom. The average molecular weight is 577 g/mol. The van der Waals surface area contributed by atoms with E-state index in [-0.39, 0.29) is 18.6 Å². The van der Waals surface area contributed by atoms with Crippen LogP contribution in [0.1, 0.15) is 33.9 Å². The number of carbonyl (C=O) groups excluding carboxylic acids is 2. The van der Waals surface area contributed by atoms with Gasteiger partial charge >= 0.3 is 0 Å². The fourth-order valence-corrected chi connectivity index (χ4v) is 4.22. The lowest BCUT2D eigenvalue weighted by Gasteiger charge is -2.22. The Balaban J connectivity index is 1.59. The predicted octanol–water partition coefficient (Wildman–Crippen LogP) is 6.43.